The van der Waals surface area contributed by atoms with Crippen molar-refractivity contribution in [3.63, 3.8) is 0 Å². The number of aromatic nitrogens is 2. The van der Waals surface area contributed by atoms with Crippen molar-refractivity contribution in [3.05, 3.63) is 82.1 Å². The normalized spacial score (nSPS) is 12.3. The molecule has 0 amide bonds. The zero-order valence-corrected chi connectivity index (χ0v) is 12.6. The van der Waals surface area contributed by atoms with Gasteiger partial charge < -0.3 is 5.73 Å². The maximum atomic E-state index is 6.26. The van der Waals surface area contributed by atoms with E-state index in [0.29, 0.717) is 10.0 Å². The Bertz CT molecular complexity index is 753. The van der Waals surface area contributed by atoms with Gasteiger partial charge in [0.25, 0.3) is 0 Å². The fourth-order valence-corrected chi connectivity index (χ4v) is 2.57. The number of hydrogen-bond acceptors (Lipinski definition) is 2. The van der Waals surface area contributed by atoms with Crippen LogP contribution in [0.5, 0.6) is 0 Å². The van der Waals surface area contributed by atoms with Gasteiger partial charge in [0, 0.05) is 6.20 Å². The number of nitrogens with two attached hydrogens (primary N) is 1. The maximum Gasteiger partial charge on any atom is 0.0842 e. The van der Waals surface area contributed by atoms with Gasteiger partial charge >= 0.3 is 0 Å². The molecule has 1 atom stereocenters. The van der Waals surface area contributed by atoms with E-state index >= 15 is 0 Å². The zero-order chi connectivity index (χ0) is 14.8. The van der Waals surface area contributed by atoms with Gasteiger partial charge in [-0.15, -0.1) is 0 Å². The van der Waals surface area contributed by atoms with E-state index in [1.165, 1.54) is 0 Å². The molecule has 106 valence electrons. The minimum absolute atomic E-state index is 0.416. The molecule has 3 aromatic rings. The third kappa shape index (κ3) is 2.81. The van der Waals surface area contributed by atoms with Gasteiger partial charge in [0.1, 0.15) is 0 Å². The Morgan fingerprint density at radius 3 is 2.48 bits per heavy atom. The molecule has 0 saturated carbocycles. The molecule has 3 nitrogen and oxygen atoms in total. The van der Waals surface area contributed by atoms with E-state index in [-0.39, 0.29) is 0 Å². The van der Waals surface area contributed by atoms with Crippen LogP contribution in [0, 0.1) is 0 Å². The van der Waals surface area contributed by atoms with Crippen LogP contribution in [0.2, 0.25) is 10.0 Å². The molecule has 1 aromatic heterocycles. The molecule has 0 fully saturated rings. The number of halogens is 2. The number of rotatable bonds is 3. The van der Waals surface area contributed by atoms with Crippen molar-refractivity contribution < 1.29 is 0 Å². The van der Waals surface area contributed by atoms with Crippen LogP contribution in [-0.2, 0) is 0 Å². The summed E-state index contributed by atoms with van der Waals surface area (Å²) in [6, 6.07) is 16.8. The van der Waals surface area contributed by atoms with Gasteiger partial charge in [0.2, 0.25) is 0 Å². The highest BCUT2D eigenvalue weighted by atomic mass is 35.5. The van der Waals surface area contributed by atoms with Crippen LogP contribution in [-0.4, -0.2) is 9.78 Å². The minimum atomic E-state index is -0.416. The fourth-order valence-electron chi connectivity index (χ4n) is 2.15. The molecule has 0 aliphatic carbocycles. The summed E-state index contributed by atoms with van der Waals surface area (Å²) in [7, 11) is 0. The van der Waals surface area contributed by atoms with Crippen molar-refractivity contribution in [2.45, 2.75) is 6.04 Å². The van der Waals surface area contributed by atoms with Crippen LogP contribution < -0.4 is 5.73 Å². The Balaban J connectivity index is 1.95. The minimum Gasteiger partial charge on any atom is -0.319 e. The second-order valence-electron chi connectivity index (χ2n) is 4.64. The van der Waals surface area contributed by atoms with Crippen molar-refractivity contribution in [3.8, 4) is 5.69 Å². The van der Waals surface area contributed by atoms with Crippen LogP contribution in [0.1, 0.15) is 17.3 Å². The summed E-state index contributed by atoms with van der Waals surface area (Å²) >= 11 is 12.2. The summed E-state index contributed by atoms with van der Waals surface area (Å²) in [5.74, 6) is 0. The Morgan fingerprint density at radius 2 is 1.71 bits per heavy atom. The van der Waals surface area contributed by atoms with E-state index in [2.05, 4.69) is 5.10 Å². The van der Waals surface area contributed by atoms with E-state index in [0.717, 1.165) is 16.9 Å². The lowest BCUT2D eigenvalue weighted by molar-refractivity contribution is 0.773. The van der Waals surface area contributed by atoms with Gasteiger partial charge in [-0.05, 0) is 29.8 Å². The number of nitrogens with zero attached hydrogens (tertiary/aromatic N) is 2. The third-order valence-corrected chi connectivity index (χ3v) is 4.10. The van der Waals surface area contributed by atoms with E-state index in [1.807, 2.05) is 54.7 Å². The largest absolute Gasteiger partial charge is 0.319 e. The molecule has 5 heteroatoms. The predicted molar refractivity (Wildman–Crippen MR) is 86.1 cm³/mol. The second kappa shape index (κ2) is 5.90. The Hall–Kier alpha value is -1.81. The third-order valence-electron chi connectivity index (χ3n) is 3.27. The molecule has 21 heavy (non-hydrogen) atoms. The van der Waals surface area contributed by atoms with Crippen LogP contribution in [0.25, 0.3) is 5.69 Å². The summed E-state index contributed by atoms with van der Waals surface area (Å²) in [5.41, 5.74) is 8.74. The lowest BCUT2D eigenvalue weighted by Crippen LogP contribution is -2.13. The predicted octanol–water partition coefficient (Wildman–Crippen LogP) is 4.23. The van der Waals surface area contributed by atoms with Crippen molar-refractivity contribution in [2.24, 2.45) is 5.73 Å². The Kier molecular flexibility index (Phi) is 3.97. The van der Waals surface area contributed by atoms with E-state index in [4.69, 9.17) is 28.9 Å². The van der Waals surface area contributed by atoms with Gasteiger partial charge in [-0.1, -0.05) is 53.5 Å². The molecule has 3 rings (SSSR count). The van der Waals surface area contributed by atoms with Gasteiger partial charge in [-0.25, -0.2) is 4.68 Å². The molecule has 0 aliphatic heterocycles. The van der Waals surface area contributed by atoms with Crippen LogP contribution >= 0.6 is 23.2 Å². The number of hydrogen-bond donors (Lipinski definition) is 1. The lowest BCUT2D eigenvalue weighted by atomic mass is 10.1. The van der Waals surface area contributed by atoms with E-state index in [1.54, 1.807) is 10.7 Å². The molecule has 1 heterocycles. The van der Waals surface area contributed by atoms with Crippen molar-refractivity contribution in [1.82, 2.24) is 9.78 Å². The summed E-state index contributed by atoms with van der Waals surface area (Å²) in [6.45, 7) is 0. The smallest absolute Gasteiger partial charge is 0.0842 e. The second-order valence-corrected chi connectivity index (χ2v) is 5.43. The molecule has 0 spiro atoms. The highest BCUT2D eigenvalue weighted by Gasteiger charge is 2.16. The zero-order valence-electron chi connectivity index (χ0n) is 11.1. The standard InChI is InChI=1S/C16H13Cl2N3/c17-13-8-4-7-12(15(13)18)16(19)14-9-10-21(20-14)11-5-2-1-3-6-11/h1-10,16H,19H2. The van der Waals surface area contributed by atoms with Crippen LogP contribution in [0.3, 0.4) is 0 Å². The van der Waals surface area contributed by atoms with Gasteiger partial charge in [0.05, 0.1) is 27.5 Å². The first-order valence-electron chi connectivity index (χ1n) is 6.47. The van der Waals surface area contributed by atoms with E-state index in [9.17, 15) is 0 Å². The van der Waals surface area contributed by atoms with Gasteiger partial charge in [-0.2, -0.15) is 5.10 Å². The average molecular weight is 318 g/mol. The Labute approximate surface area is 132 Å². The Morgan fingerprint density at radius 1 is 0.952 bits per heavy atom. The average Bonchev–Trinajstić information content (AvgIpc) is 3.00. The molecule has 2 N–H and O–H groups in total. The topological polar surface area (TPSA) is 43.8 Å². The van der Waals surface area contributed by atoms with Crippen molar-refractivity contribution >= 4 is 23.2 Å². The first-order chi connectivity index (χ1) is 10.2. The SMILES string of the molecule is NC(c1ccn(-c2ccccc2)n1)c1cccc(Cl)c1Cl. The summed E-state index contributed by atoms with van der Waals surface area (Å²) in [4.78, 5) is 0. The molecule has 0 bridgehead atoms. The highest BCUT2D eigenvalue weighted by molar-refractivity contribution is 6.42. The summed E-state index contributed by atoms with van der Waals surface area (Å²) in [5, 5.41) is 5.48. The lowest BCUT2D eigenvalue weighted by Gasteiger charge is -2.12. The van der Waals surface area contributed by atoms with E-state index < -0.39 is 6.04 Å². The molecule has 1 unspecified atom stereocenters. The number of benzene rings is 2. The van der Waals surface area contributed by atoms with Crippen LogP contribution in [0.4, 0.5) is 0 Å². The maximum absolute atomic E-state index is 6.26. The molecular weight excluding hydrogens is 305 g/mol. The van der Waals surface area contributed by atoms with Gasteiger partial charge in [0.15, 0.2) is 0 Å². The molecule has 0 radical (unpaired) electrons. The monoisotopic (exact) mass is 317 g/mol. The summed E-state index contributed by atoms with van der Waals surface area (Å²) in [6.07, 6.45) is 1.88. The first-order valence-corrected chi connectivity index (χ1v) is 7.23. The quantitative estimate of drug-likeness (QED) is 0.785. The summed E-state index contributed by atoms with van der Waals surface area (Å²) < 4.78 is 1.79. The fraction of sp³-hybridized carbons (Fsp3) is 0.0625. The van der Waals surface area contributed by atoms with Gasteiger partial charge in [-0.3, -0.25) is 0 Å². The molecular formula is C16H13Cl2N3. The van der Waals surface area contributed by atoms with Crippen LogP contribution in [0.15, 0.2) is 60.8 Å². The highest BCUT2D eigenvalue weighted by Crippen LogP contribution is 2.31. The molecule has 2 aromatic carbocycles. The molecule has 0 aliphatic rings. The van der Waals surface area contributed by atoms with Crippen molar-refractivity contribution in [1.29, 1.82) is 0 Å². The first kappa shape index (κ1) is 14.1. The number of para-hydroxylation sites is 1. The van der Waals surface area contributed by atoms with Crippen molar-refractivity contribution in [2.75, 3.05) is 0 Å². The molecule has 0 saturated heterocycles.